The fourth-order valence-electron chi connectivity index (χ4n) is 3.65. The highest BCUT2D eigenvalue weighted by atomic mass is 35.5. The molecule has 30 heavy (non-hydrogen) atoms. The Morgan fingerprint density at radius 1 is 1.30 bits per heavy atom. The summed E-state index contributed by atoms with van der Waals surface area (Å²) in [5.41, 5.74) is 0.898. The monoisotopic (exact) mass is 458 g/mol. The van der Waals surface area contributed by atoms with Crippen molar-refractivity contribution in [2.24, 2.45) is 5.92 Å². The number of pyridine rings is 1. The molecule has 0 amide bonds. The number of carbonyl (C=O) groups excluding carboxylic acids is 1. The largest absolute Gasteiger partial charge is 0.467 e. The van der Waals surface area contributed by atoms with E-state index in [4.69, 9.17) is 27.9 Å². The highest BCUT2D eigenvalue weighted by Gasteiger charge is 2.50. The molecule has 0 radical (unpaired) electrons. The number of fused-ring (bicyclic) bond motifs is 1. The number of aromatic nitrogens is 3. The van der Waals surface area contributed by atoms with Gasteiger partial charge in [-0.05, 0) is 18.6 Å². The van der Waals surface area contributed by atoms with E-state index in [0.717, 1.165) is 7.11 Å². The summed E-state index contributed by atoms with van der Waals surface area (Å²) in [6, 6.07) is 3.81. The SMILES string of the molecule is COC(=O)[C@@H]1C[C@H](C(F)(F)F)CN1c1cc(-n2ccnc2)c2ccc(Cl)c(Cl)c2n1. The summed E-state index contributed by atoms with van der Waals surface area (Å²) < 4.78 is 46.7. The van der Waals surface area contributed by atoms with Gasteiger partial charge in [-0.15, -0.1) is 0 Å². The Kier molecular flexibility index (Phi) is 5.27. The first-order valence-electron chi connectivity index (χ1n) is 8.89. The van der Waals surface area contributed by atoms with Gasteiger partial charge in [0.1, 0.15) is 11.9 Å². The van der Waals surface area contributed by atoms with Crippen molar-refractivity contribution in [3.63, 3.8) is 0 Å². The minimum atomic E-state index is -4.45. The van der Waals surface area contributed by atoms with Gasteiger partial charge in [0, 0.05) is 30.4 Å². The molecule has 11 heteroatoms. The minimum Gasteiger partial charge on any atom is -0.467 e. The number of carbonyl (C=O) groups is 1. The van der Waals surface area contributed by atoms with Gasteiger partial charge in [-0.1, -0.05) is 23.2 Å². The Bertz CT molecular complexity index is 1110. The molecule has 1 aliphatic heterocycles. The number of rotatable bonds is 3. The van der Waals surface area contributed by atoms with Crippen LogP contribution in [0.15, 0.2) is 36.9 Å². The van der Waals surface area contributed by atoms with Crippen LogP contribution in [0.3, 0.4) is 0 Å². The molecule has 6 nitrogen and oxygen atoms in total. The van der Waals surface area contributed by atoms with Gasteiger partial charge in [0.25, 0.3) is 0 Å². The zero-order valence-corrected chi connectivity index (χ0v) is 17.0. The summed E-state index contributed by atoms with van der Waals surface area (Å²) in [5, 5.41) is 1.05. The molecule has 2 aromatic heterocycles. The number of anilines is 1. The fourth-order valence-corrected chi connectivity index (χ4v) is 4.01. The number of nitrogens with zero attached hydrogens (tertiary/aromatic N) is 4. The van der Waals surface area contributed by atoms with Gasteiger partial charge in [-0.25, -0.2) is 14.8 Å². The van der Waals surface area contributed by atoms with Gasteiger partial charge in [-0.2, -0.15) is 13.2 Å². The van der Waals surface area contributed by atoms with Crippen molar-refractivity contribution in [1.82, 2.24) is 14.5 Å². The second-order valence-electron chi connectivity index (χ2n) is 6.89. The average molecular weight is 459 g/mol. The summed E-state index contributed by atoms with van der Waals surface area (Å²) in [6.45, 7) is -0.427. The molecule has 4 rings (SSSR count). The summed E-state index contributed by atoms with van der Waals surface area (Å²) in [4.78, 5) is 22.0. The lowest BCUT2D eigenvalue weighted by Crippen LogP contribution is -2.37. The third-order valence-corrected chi connectivity index (χ3v) is 5.95. The summed E-state index contributed by atoms with van der Waals surface area (Å²) in [6.07, 6.45) is -0.0788. The van der Waals surface area contributed by atoms with Gasteiger partial charge in [-0.3, -0.25) is 0 Å². The van der Waals surface area contributed by atoms with E-state index >= 15 is 0 Å². The molecule has 3 heterocycles. The van der Waals surface area contributed by atoms with Crippen molar-refractivity contribution in [3.05, 3.63) is 47.0 Å². The maximum Gasteiger partial charge on any atom is 0.393 e. The fraction of sp³-hybridized carbons (Fsp3) is 0.316. The Hall–Kier alpha value is -2.52. The number of halogens is 5. The smallest absolute Gasteiger partial charge is 0.393 e. The standard InChI is InChI=1S/C19H15Cl2F3N4O2/c1-30-18(29)14-6-10(19(22,23)24)8-28(14)15-7-13(27-5-4-25-9-27)11-2-3-12(20)16(21)17(11)26-15/h2-5,7,9-10,14H,6,8H2,1H3/t10-,14-/m0/s1. The topological polar surface area (TPSA) is 60.2 Å². The zero-order valence-electron chi connectivity index (χ0n) is 15.5. The lowest BCUT2D eigenvalue weighted by molar-refractivity contribution is -0.169. The Morgan fingerprint density at radius 3 is 2.70 bits per heavy atom. The van der Waals surface area contributed by atoms with Crippen LogP contribution in [0, 0.1) is 5.92 Å². The summed E-state index contributed by atoms with van der Waals surface area (Å²) >= 11 is 12.5. The van der Waals surface area contributed by atoms with Crippen LogP contribution in [0.5, 0.6) is 0 Å². The second kappa shape index (κ2) is 7.63. The first-order chi connectivity index (χ1) is 14.2. The molecule has 0 saturated carbocycles. The summed E-state index contributed by atoms with van der Waals surface area (Å²) in [7, 11) is 1.14. The molecule has 0 unspecified atom stereocenters. The molecule has 1 fully saturated rings. The van der Waals surface area contributed by atoms with E-state index in [1.807, 2.05) is 0 Å². The first kappa shape index (κ1) is 20.7. The van der Waals surface area contributed by atoms with Crippen LogP contribution in [0.4, 0.5) is 19.0 Å². The highest BCUT2D eigenvalue weighted by Crippen LogP contribution is 2.41. The van der Waals surface area contributed by atoms with Gasteiger partial charge in [0.05, 0.1) is 40.6 Å². The van der Waals surface area contributed by atoms with Crippen LogP contribution in [0.25, 0.3) is 16.6 Å². The van der Waals surface area contributed by atoms with E-state index in [9.17, 15) is 18.0 Å². The van der Waals surface area contributed by atoms with Gasteiger partial charge >= 0.3 is 12.1 Å². The molecule has 0 N–H and O–H groups in total. The number of imidazole rings is 1. The number of benzene rings is 1. The van der Waals surface area contributed by atoms with E-state index in [1.54, 1.807) is 41.5 Å². The van der Waals surface area contributed by atoms with Crippen molar-refractivity contribution >= 4 is 45.9 Å². The van der Waals surface area contributed by atoms with E-state index in [2.05, 4.69) is 9.97 Å². The van der Waals surface area contributed by atoms with Crippen molar-refractivity contribution in [2.45, 2.75) is 18.6 Å². The molecule has 3 aromatic rings. The van der Waals surface area contributed by atoms with Crippen LogP contribution < -0.4 is 4.90 Å². The molecule has 158 valence electrons. The highest BCUT2D eigenvalue weighted by molar-refractivity contribution is 6.45. The van der Waals surface area contributed by atoms with Gasteiger partial charge < -0.3 is 14.2 Å². The zero-order chi connectivity index (χ0) is 21.6. The van der Waals surface area contributed by atoms with Crippen LogP contribution >= 0.6 is 23.2 Å². The lowest BCUT2D eigenvalue weighted by atomic mass is 10.1. The average Bonchev–Trinajstić information content (AvgIpc) is 3.39. The third kappa shape index (κ3) is 3.56. The van der Waals surface area contributed by atoms with E-state index < -0.39 is 37.1 Å². The maximum absolute atomic E-state index is 13.4. The molecule has 0 aliphatic carbocycles. The van der Waals surface area contributed by atoms with Crippen LogP contribution in [0.1, 0.15) is 6.42 Å². The van der Waals surface area contributed by atoms with E-state index in [0.29, 0.717) is 16.6 Å². The molecule has 1 aliphatic rings. The van der Waals surface area contributed by atoms with Crippen molar-refractivity contribution in [1.29, 1.82) is 0 Å². The van der Waals surface area contributed by atoms with E-state index in [1.165, 1.54) is 4.90 Å². The minimum absolute atomic E-state index is 0.164. The molecule has 2 atom stereocenters. The second-order valence-corrected chi connectivity index (χ2v) is 7.68. The molecular weight excluding hydrogens is 444 g/mol. The number of methoxy groups -OCH3 is 1. The first-order valence-corrected chi connectivity index (χ1v) is 9.64. The molecule has 0 spiro atoms. The molecule has 1 saturated heterocycles. The number of ether oxygens (including phenoxy) is 1. The quantitative estimate of drug-likeness (QED) is 0.534. The van der Waals surface area contributed by atoms with Crippen LogP contribution in [-0.2, 0) is 9.53 Å². The predicted octanol–water partition coefficient (Wildman–Crippen LogP) is 4.66. The van der Waals surface area contributed by atoms with Crippen LogP contribution in [-0.4, -0.2) is 46.4 Å². The normalized spacial score (nSPS) is 19.5. The maximum atomic E-state index is 13.4. The number of alkyl halides is 3. The lowest BCUT2D eigenvalue weighted by Gasteiger charge is -2.25. The van der Waals surface area contributed by atoms with Crippen LogP contribution in [0.2, 0.25) is 10.0 Å². The Morgan fingerprint density at radius 2 is 2.07 bits per heavy atom. The third-order valence-electron chi connectivity index (χ3n) is 5.15. The number of esters is 1. The molecule has 0 bridgehead atoms. The van der Waals surface area contributed by atoms with Crippen molar-refractivity contribution < 1.29 is 22.7 Å². The van der Waals surface area contributed by atoms with Crippen molar-refractivity contribution in [3.8, 4) is 5.69 Å². The van der Waals surface area contributed by atoms with Crippen molar-refractivity contribution in [2.75, 3.05) is 18.6 Å². The molecule has 1 aromatic carbocycles. The predicted molar refractivity (Wildman–Crippen MR) is 106 cm³/mol. The van der Waals surface area contributed by atoms with Gasteiger partial charge in [0.2, 0.25) is 0 Å². The molecular formula is C19H15Cl2F3N4O2. The Balaban J connectivity index is 1.91. The van der Waals surface area contributed by atoms with E-state index in [-0.39, 0.29) is 15.9 Å². The summed E-state index contributed by atoms with van der Waals surface area (Å²) in [5.74, 6) is -2.28. The number of hydrogen-bond acceptors (Lipinski definition) is 5. The number of hydrogen-bond donors (Lipinski definition) is 0. The Labute approximate surface area is 179 Å². The van der Waals surface area contributed by atoms with Gasteiger partial charge in [0.15, 0.2) is 0 Å².